The van der Waals surface area contributed by atoms with Crippen molar-refractivity contribution in [2.45, 2.75) is 26.0 Å². The van der Waals surface area contributed by atoms with Gasteiger partial charge in [0.05, 0.1) is 12.6 Å². The Balaban J connectivity index is 1.43. The molecule has 6 nitrogen and oxygen atoms in total. The van der Waals surface area contributed by atoms with Crippen LogP contribution in [0.5, 0.6) is 0 Å². The van der Waals surface area contributed by atoms with Gasteiger partial charge >= 0.3 is 0 Å². The van der Waals surface area contributed by atoms with E-state index in [0.717, 1.165) is 16.7 Å². The Morgan fingerprint density at radius 1 is 1.03 bits per heavy atom. The molecule has 0 aliphatic heterocycles. The first kappa shape index (κ1) is 23.7. The van der Waals surface area contributed by atoms with Crippen LogP contribution in [0.25, 0.3) is 11.4 Å². The highest BCUT2D eigenvalue weighted by Gasteiger charge is 2.22. The third kappa shape index (κ3) is 6.31. The Morgan fingerprint density at radius 3 is 2.50 bits per heavy atom. The quantitative estimate of drug-likeness (QED) is 0.292. The number of carbonyl (C=O) groups excluding carboxylic acids is 1. The van der Waals surface area contributed by atoms with Gasteiger partial charge in [-0.25, -0.2) is 0 Å². The van der Waals surface area contributed by atoms with Crippen molar-refractivity contribution < 1.29 is 14.1 Å². The summed E-state index contributed by atoms with van der Waals surface area (Å²) >= 11 is 6.07. The normalized spacial score (nSPS) is 11.8. The average molecular weight is 476 g/mol. The molecule has 0 bridgehead atoms. The molecule has 4 aromatic rings. The van der Waals surface area contributed by atoms with Gasteiger partial charge in [-0.15, -0.1) is 0 Å². The van der Waals surface area contributed by atoms with Gasteiger partial charge in [-0.1, -0.05) is 89.6 Å². The molecule has 0 unspecified atom stereocenters. The molecule has 0 aliphatic carbocycles. The fourth-order valence-corrected chi connectivity index (χ4v) is 3.87. The van der Waals surface area contributed by atoms with Gasteiger partial charge in [0, 0.05) is 23.6 Å². The van der Waals surface area contributed by atoms with E-state index < -0.39 is 0 Å². The first-order valence-corrected chi connectivity index (χ1v) is 11.5. The summed E-state index contributed by atoms with van der Waals surface area (Å²) in [4.78, 5) is 19.4. The van der Waals surface area contributed by atoms with Crippen LogP contribution in [0, 0.1) is 0 Å². The average Bonchev–Trinajstić information content (AvgIpc) is 3.34. The Hall–Kier alpha value is -3.48. The summed E-state index contributed by atoms with van der Waals surface area (Å²) in [6.07, 6.45) is 0.426. The molecule has 0 saturated heterocycles. The number of hydrogen-bond acceptors (Lipinski definition) is 5. The second-order valence-corrected chi connectivity index (χ2v) is 8.36. The van der Waals surface area contributed by atoms with Crippen LogP contribution in [0.15, 0.2) is 89.5 Å². The monoisotopic (exact) mass is 475 g/mol. The summed E-state index contributed by atoms with van der Waals surface area (Å²) in [5, 5.41) is 4.67. The predicted molar refractivity (Wildman–Crippen MR) is 131 cm³/mol. The van der Waals surface area contributed by atoms with Gasteiger partial charge in [-0.2, -0.15) is 4.98 Å². The van der Waals surface area contributed by atoms with Gasteiger partial charge in [0.15, 0.2) is 0 Å². The zero-order valence-electron chi connectivity index (χ0n) is 18.9. The number of ether oxygens (including phenoxy) is 1. The Morgan fingerprint density at radius 2 is 1.76 bits per heavy atom. The first-order chi connectivity index (χ1) is 16.6. The summed E-state index contributed by atoms with van der Waals surface area (Å²) in [5.41, 5.74) is 2.85. The number of aromatic nitrogens is 2. The molecule has 1 atom stereocenters. The standard InChI is InChI=1S/C27H26ClN3O3/c1-20(22-11-6-3-7-12-22)31(26(32)19-33-18-21-9-4-2-5-10-21)16-15-25-29-27(30-34-25)23-13-8-14-24(28)17-23/h2-14,17,20H,15-16,18-19H2,1H3/t20-/m0/s1. The summed E-state index contributed by atoms with van der Waals surface area (Å²) in [5.74, 6) is 0.831. The SMILES string of the molecule is C[C@@H](c1ccccc1)N(CCc1nc(-c2cccc(Cl)c2)no1)C(=O)COCc1ccccc1. The molecule has 0 N–H and O–H groups in total. The lowest BCUT2D eigenvalue weighted by molar-refractivity contribution is -0.138. The van der Waals surface area contributed by atoms with Crippen molar-refractivity contribution in [3.05, 3.63) is 107 Å². The smallest absolute Gasteiger partial charge is 0.249 e. The molecular formula is C27H26ClN3O3. The van der Waals surface area contributed by atoms with E-state index in [4.69, 9.17) is 20.9 Å². The molecule has 1 aromatic heterocycles. The Kier molecular flexibility index (Phi) is 8.07. The van der Waals surface area contributed by atoms with Crippen molar-refractivity contribution in [1.82, 2.24) is 15.0 Å². The molecule has 0 fully saturated rings. The lowest BCUT2D eigenvalue weighted by Gasteiger charge is -2.29. The molecule has 7 heteroatoms. The number of nitrogens with zero attached hydrogens (tertiary/aromatic N) is 3. The topological polar surface area (TPSA) is 68.5 Å². The zero-order valence-corrected chi connectivity index (χ0v) is 19.7. The van der Waals surface area contributed by atoms with Gasteiger partial charge in [-0.3, -0.25) is 4.79 Å². The molecule has 34 heavy (non-hydrogen) atoms. The minimum absolute atomic E-state index is 0.0103. The fraction of sp³-hybridized carbons (Fsp3) is 0.222. The molecule has 3 aromatic carbocycles. The minimum Gasteiger partial charge on any atom is -0.367 e. The minimum atomic E-state index is -0.135. The summed E-state index contributed by atoms with van der Waals surface area (Å²) < 4.78 is 11.2. The number of hydrogen-bond donors (Lipinski definition) is 0. The second-order valence-electron chi connectivity index (χ2n) is 7.92. The zero-order chi connectivity index (χ0) is 23.8. The van der Waals surface area contributed by atoms with Crippen molar-refractivity contribution in [2.24, 2.45) is 0 Å². The molecule has 0 spiro atoms. The van der Waals surface area contributed by atoms with Gasteiger partial charge in [-0.05, 0) is 30.2 Å². The third-order valence-electron chi connectivity index (χ3n) is 5.52. The van der Waals surface area contributed by atoms with E-state index in [1.165, 1.54) is 0 Å². The largest absolute Gasteiger partial charge is 0.367 e. The number of benzene rings is 3. The van der Waals surface area contributed by atoms with E-state index in [2.05, 4.69) is 10.1 Å². The maximum absolute atomic E-state index is 13.2. The van der Waals surface area contributed by atoms with Crippen molar-refractivity contribution in [2.75, 3.05) is 13.2 Å². The highest BCUT2D eigenvalue weighted by molar-refractivity contribution is 6.30. The maximum Gasteiger partial charge on any atom is 0.249 e. The van der Waals surface area contributed by atoms with Crippen molar-refractivity contribution >= 4 is 17.5 Å². The van der Waals surface area contributed by atoms with Crippen molar-refractivity contribution in [1.29, 1.82) is 0 Å². The van der Waals surface area contributed by atoms with Crippen LogP contribution in [0.2, 0.25) is 5.02 Å². The van der Waals surface area contributed by atoms with Crippen LogP contribution in [-0.4, -0.2) is 34.1 Å². The number of carbonyl (C=O) groups is 1. The van der Waals surface area contributed by atoms with Crippen LogP contribution in [0.4, 0.5) is 0 Å². The van der Waals surface area contributed by atoms with Crippen molar-refractivity contribution in [3.8, 4) is 11.4 Å². The number of rotatable bonds is 10. The van der Waals surface area contributed by atoms with Gasteiger partial charge in [0.25, 0.3) is 0 Å². The molecule has 1 amide bonds. The van der Waals surface area contributed by atoms with Crippen LogP contribution < -0.4 is 0 Å². The fourth-order valence-electron chi connectivity index (χ4n) is 3.68. The van der Waals surface area contributed by atoms with E-state index in [0.29, 0.717) is 36.3 Å². The molecule has 174 valence electrons. The Labute approximate surface area is 204 Å². The third-order valence-corrected chi connectivity index (χ3v) is 5.76. The van der Waals surface area contributed by atoms with E-state index in [1.54, 1.807) is 17.0 Å². The van der Waals surface area contributed by atoms with Crippen LogP contribution >= 0.6 is 11.6 Å². The molecule has 1 heterocycles. The second kappa shape index (κ2) is 11.6. The lowest BCUT2D eigenvalue weighted by atomic mass is 10.1. The highest BCUT2D eigenvalue weighted by Crippen LogP contribution is 2.22. The van der Waals surface area contributed by atoms with Gasteiger partial charge in [0.1, 0.15) is 6.61 Å². The van der Waals surface area contributed by atoms with Crippen LogP contribution in [0.3, 0.4) is 0 Å². The number of halogens is 1. The maximum atomic E-state index is 13.2. The van der Waals surface area contributed by atoms with E-state index >= 15 is 0 Å². The van der Waals surface area contributed by atoms with E-state index in [9.17, 15) is 4.79 Å². The van der Waals surface area contributed by atoms with E-state index in [1.807, 2.05) is 79.7 Å². The van der Waals surface area contributed by atoms with Crippen LogP contribution in [-0.2, 0) is 22.6 Å². The van der Waals surface area contributed by atoms with Crippen molar-refractivity contribution in [3.63, 3.8) is 0 Å². The lowest BCUT2D eigenvalue weighted by Crippen LogP contribution is -2.37. The van der Waals surface area contributed by atoms with Crippen LogP contribution in [0.1, 0.15) is 30.0 Å². The molecular weight excluding hydrogens is 450 g/mol. The van der Waals surface area contributed by atoms with E-state index in [-0.39, 0.29) is 18.6 Å². The summed E-state index contributed by atoms with van der Waals surface area (Å²) in [7, 11) is 0. The number of amides is 1. The molecule has 0 aliphatic rings. The molecule has 4 rings (SSSR count). The molecule has 0 radical (unpaired) electrons. The highest BCUT2D eigenvalue weighted by atomic mass is 35.5. The van der Waals surface area contributed by atoms with Gasteiger partial charge < -0.3 is 14.2 Å². The summed E-state index contributed by atoms with van der Waals surface area (Å²) in [6.45, 7) is 2.80. The summed E-state index contributed by atoms with van der Waals surface area (Å²) in [6, 6.07) is 26.9. The van der Waals surface area contributed by atoms with Gasteiger partial charge in [0.2, 0.25) is 17.6 Å². The predicted octanol–water partition coefficient (Wildman–Crippen LogP) is 5.74. The Bertz CT molecular complexity index is 1200. The first-order valence-electron chi connectivity index (χ1n) is 11.1. The molecule has 0 saturated carbocycles.